The van der Waals surface area contributed by atoms with Crippen LogP contribution in [0.4, 0.5) is 0 Å². The van der Waals surface area contributed by atoms with Crippen molar-refractivity contribution in [3.63, 3.8) is 0 Å². The van der Waals surface area contributed by atoms with E-state index in [4.69, 9.17) is 0 Å². The first-order chi connectivity index (χ1) is 12.7. The maximum absolute atomic E-state index is 12.5. The number of benzene rings is 1. The first-order valence-electron chi connectivity index (χ1n) is 8.36. The predicted octanol–water partition coefficient (Wildman–Crippen LogP) is 1.82. The third kappa shape index (κ3) is 6.16. The van der Waals surface area contributed by atoms with Crippen LogP contribution in [0.15, 0.2) is 46.7 Å². The Labute approximate surface area is 163 Å². The fraction of sp³-hybridized carbons (Fsp3) is 0.333. The molecule has 0 unspecified atom stereocenters. The molecule has 0 saturated heterocycles. The largest absolute Gasteiger partial charge is 0.352 e. The van der Waals surface area contributed by atoms with Crippen molar-refractivity contribution in [3.8, 4) is 0 Å². The molecule has 1 aromatic heterocycles. The molecule has 2 amide bonds. The van der Waals surface area contributed by atoms with E-state index < -0.39 is 15.9 Å². The number of amides is 2. The van der Waals surface area contributed by atoms with E-state index in [1.165, 1.54) is 47.5 Å². The van der Waals surface area contributed by atoms with Crippen molar-refractivity contribution in [2.45, 2.75) is 31.3 Å². The van der Waals surface area contributed by atoms with Gasteiger partial charge in [0.25, 0.3) is 5.91 Å². The molecular weight excluding hydrogens is 386 g/mol. The number of nitrogens with one attached hydrogen (secondary N) is 2. The normalized spacial score (nSPS) is 11.4. The average Bonchev–Trinajstić information content (AvgIpc) is 3.12. The van der Waals surface area contributed by atoms with Crippen LogP contribution in [0, 0.1) is 0 Å². The van der Waals surface area contributed by atoms with Crippen LogP contribution in [-0.2, 0) is 21.4 Å². The fourth-order valence-corrected chi connectivity index (χ4v) is 4.12. The summed E-state index contributed by atoms with van der Waals surface area (Å²) in [5, 5.41) is 4.58. The van der Waals surface area contributed by atoms with Crippen LogP contribution in [0.3, 0.4) is 0 Å². The lowest BCUT2D eigenvalue weighted by Gasteiger charge is -2.18. The summed E-state index contributed by atoms with van der Waals surface area (Å²) in [5.74, 6) is -0.702. The van der Waals surface area contributed by atoms with Gasteiger partial charge in [0.15, 0.2) is 0 Å². The van der Waals surface area contributed by atoms with Gasteiger partial charge in [-0.25, -0.2) is 13.1 Å². The number of carbonyl (C=O) groups excluding carboxylic acids is 2. The highest BCUT2D eigenvalue weighted by molar-refractivity contribution is 7.89. The first kappa shape index (κ1) is 21.1. The van der Waals surface area contributed by atoms with Gasteiger partial charge in [0.2, 0.25) is 15.9 Å². The number of thiophene rings is 1. The highest BCUT2D eigenvalue weighted by Gasteiger charge is 2.19. The van der Waals surface area contributed by atoms with E-state index in [1.54, 1.807) is 0 Å². The van der Waals surface area contributed by atoms with Crippen LogP contribution in [-0.4, -0.2) is 44.8 Å². The molecule has 0 aliphatic carbocycles. The number of carbonyl (C=O) groups is 2. The Morgan fingerprint density at radius 3 is 2.56 bits per heavy atom. The zero-order chi connectivity index (χ0) is 20.0. The van der Waals surface area contributed by atoms with Gasteiger partial charge in [0, 0.05) is 30.1 Å². The maximum atomic E-state index is 12.5. The molecule has 0 radical (unpaired) electrons. The van der Waals surface area contributed by atoms with E-state index in [1.807, 2.05) is 31.4 Å². The van der Waals surface area contributed by atoms with Crippen molar-refractivity contribution < 1.29 is 18.0 Å². The van der Waals surface area contributed by atoms with Crippen molar-refractivity contribution >= 4 is 33.2 Å². The molecular formula is C18H23N3O4S2. The van der Waals surface area contributed by atoms with Gasteiger partial charge in [-0.1, -0.05) is 12.1 Å². The van der Waals surface area contributed by atoms with Crippen LogP contribution < -0.4 is 10.0 Å². The van der Waals surface area contributed by atoms with Gasteiger partial charge in [-0.05, 0) is 43.5 Å². The zero-order valence-electron chi connectivity index (χ0n) is 15.4. The van der Waals surface area contributed by atoms with Crippen molar-refractivity contribution in [2.24, 2.45) is 0 Å². The second kappa shape index (κ2) is 9.12. The Kier molecular flexibility index (Phi) is 7.11. The van der Waals surface area contributed by atoms with Crippen molar-refractivity contribution in [1.82, 2.24) is 14.9 Å². The van der Waals surface area contributed by atoms with Gasteiger partial charge in [-0.15, -0.1) is 11.3 Å². The number of hydrogen-bond acceptors (Lipinski definition) is 5. The molecule has 0 saturated carbocycles. The molecule has 0 atom stereocenters. The molecule has 1 heterocycles. The van der Waals surface area contributed by atoms with Crippen LogP contribution in [0.2, 0.25) is 0 Å². The highest BCUT2D eigenvalue weighted by Crippen LogP contribution is 2.15. The molecule has 0 bridgehead atoms. The maximum Gasteiger partial charge on any atom is 0.254 e. The lowest BCUT2D eigenvalue weighted by atomic mass is 10.2. The second-order valence-corrected chi connectivity index (χ2v) is 9.11. The lowest BCUT2D eigenvalue weighted by molar-refractivity contribution is -0.122. The van der Waals surface area contributed by atoms with Crippen molar-refractivity contribution in [3.05, 3.63) is 52.2 Å². The van der Waals surface area contributed by atoms with Crippen molar-refractivity contribution in [2.75, 3.05) is 13.6 Å². The van der Waals surface area contributed by atoms with E-state index in [-0.39, 0.29) is 35.5 Å². The van der Waals surface area contributed by atoms with Gasteiger partial charge in [-0.3, -0.25) is 9.59 Å². The molecule has 0 aliphatic heterocycles. The van der Waals surface area contributed by atoms with Gasteiger partial charge in [-0.2, -0.15) is 0 Å². The SMILES string of the molecule is CC(C)NC(=O)CN(C)C(=O)c1cccc(S(=O)(=O)NCc2cccs2)c1. The molecule has 2 rings (SSSR count). The topological polar surface area (TPSA) is 95.6 Å². The number of hydrogen-bond donors (Lipinski definition) is 2. The predicted molar refractivity (Wildman–Crippen MR) is 105 cm³/mol. The molecule has 2 N–H and O–H groups in total. The Balaban J connectivity index is 2.09. The number of likely N-dealkylation sites (N-methyl/N-ethyl adjacent to an activating group) is 1. The third-order valence-corrected chi connectivity index (χ3v) is 5.86. The molecule has 0 spiro atoms. The fourth-order valence-electron chi connectivity index (χ4n) is 2.33. The summed E-state index contributed by atoms with van der Waals surface area (Å²) in [5.41, 5.74) is 0.203. The summed E-state index contributed by atoms with van der Waals surface area (Å²) < 4.78 is 27.5. The van der Waals surface area contributed by atoms with Gasteiger partial charge in [0.05, 0.1) is 11.4 Å². The van der Waals surface area contributed by atoms with E-state index >= 15 is 0 Å². The van der Waals surface area contributed by atoms with Gasteiger partial charge < -0.3 is 10.2 Å². The van der Waals surface area contributed by atoms with E-state index in [0.717, 1.165) is 4.88 Å². The Morgan fingerprint density at radius 2 is 1.93 bits per heavy atom. The molecule has 27 heavy (non-hydrogen) atoms. The number of rotatable bonds is 8. The van der Waals surface area contributed by atoms with Crippen LogP contribution >= 0.6 is 11.3 Å². The molecule has 2 aromatic rings. The summed E-state index contributed by atoms with van der Waals surface area (Å²) in [4.78, 5) is 26.5. The highest BCUT2D eigenvalue weighted by atomic mass is 32.2. The van der Waals surface area contributed by atoms with Gasteiger partial charge in [0.1, 0.15) is 0 Å². The second-order valence-electron chi connectivity index (χ2n) is 6.32. The summed E-state index contributed by atoms with van der Waals surface area (Å²) in [6.45, 7) is 3.74. The summed E-state index contributed by atoms with van der Waals surface area (Å²) in [7, 11) is -2.25. The number of sulfonamides is 1. The molecule has 9 heteroatoms. The lowest BCUT2D eigenvalue weighted by Crippen LogP contribution is -2.40. The summed E-state index contributed by atoms with van der Waals surface area (Å²) >= 11 is 1.45. The Morgan fingerprint density at radius 1 is 1.19 bits per heavy atom. The molecule has 1 aromatic carbocycles. The van der Waals surface area contributed by atoms with E-state index in [9.17, 15) is 18.0 Å². The van der Waals surface area contributed by atoms with Crippen molar-refractivity contribution in [1.29, 1.82) is 0 Å². The minimum atomic E-state index is -3.75. The molecule has 0 aliphatic rings. The summed E-state index contributed by atoms with van der Waals surface area (Å²) in [6.07, 6.45) is 0. The first-order valence-corrected chi connectivity index (χ1v) is 10.7. The number of nitrogens with zero attached hydrogens (tertiary/aromatic N) is 1. The van der Waals surface area contributed by atoms with Crippen LogP contribution in [0.25, 0.3) is 0 Å². The molecule has 0 fully saturated rings. The summed E-state index contributed by atoms with van der Waals surface area (Å²) in [6, 6.07) is 9.44. The zero-order valence-corrected chi connectivity index (χ0v) is 17.1. The Bertz CT molecular complexity index is 893. The van der Waals surface area contributed by atoms with Gasteiger partial charge >= 0.3 is 0 Å². The van der Waals surface area contributed by atoms with E-state index in [0.29, 0.717) is 0 Å². The monoisotopic (exact) mass is 409 g/mol. The molecule has 7 nitrogen and oxygen atoms in total. The third-order valence-electron chi connectivity index (χ3n) is 3.58. The van der Waals surface area contributed by atoms with E-state index in [2.05, 4.69) is 10.0 Å². The quantitative estimate of drug-likeness (QED) is 0.695. The molecule has 146 valence electrons. The minimum absolute atomic E-state index is 0.00457. The minimum Gasteiger partial charge on any atom is -0.352 e. The standard InChI is InChI=1S/C18H23N3O4S2/c1-13(2)20-17(22)12-21(3)18(23)14-6-4-8-16(10-14)27(24,25)19-11-15-7-5-9-26-15/h4-10,13,19H,11-12H2,1-3H3,(H,20,22). The Hall–Kier alpha value is -2.23. The average molecular weight is 410 g/mol. The van der Waals surface area contributed by atoms with Crippen LogP contribution in [0.5, 0.6) is 0 Å². The smallest absolute Gasteiger partial charge is 0.254 e. The van der Waals surface area contributed by atoms with Crippen LogP contribution in [0.1, 0.15) is 29.1 Å².